The molecule has 0 aliphatic rings. The van der Waals surface area contributed by atoms with Crippen molar-refractivity contribution in [1.82, 2.24) is 4.98 Å². The minimum Gasteiger partial charge on any atom is -0.368 e. The normalized spacial score (nSPS) is 10.4. The molecule has 0 aliphatic carbocycles. The van der Waals surface area contributed by atoms with Gasteiger partial charge in [0, 0.05) is 25.5 Å². The van der Waals surface area contributed by atoms with Crippen LogP contribution in [-0.4, -0.2) is 12.0 Å². The number of rotatable bonds is 4. The van der Waals surface area contributed by atoms with Gasteiger partial charge in [-0.1, -0.05) is 18.2 Å². The lowest BCUT2D eigenvalue weighted by Crippen LogP contribution is -2.18. The van der Waals surface area contributed by atoms with Gasteiger partial charge in [0.2, 0.25) is 0 Å². The van der Waals surface area contributed by atoms with E-state index in [9.17, 15) is 0 Å². The largest absolute Gasteiger partial charge is 0.368 e. The van der Waals surface area contributed by atoms with Crippen molar-refractivity contribution in [2.45, 2.75) is 20.0 Å². The van der Waals surface area contributed by atoms with Gasteiger partial charge in [-0.3, -0.25) is 4.98 Å². The van der Waals surface area contributed by atoms with Crippen molar-refractivity contribution < 1.29 is 0 Å². The molecule has 3 heteroatoms. The molecule has 0 amide bonds. The number of benzene rings is 1. The second-order valence-corrected chi connectivity index (χ2v) is 4.50. The van der Waals surface area contributed by atoms with Crippen LogP contribution >= 0.6 is 0 Å². The molecular weight excluding hydrogens is 222 g/mol. The van der Waals surface area contributed by atoms with Gasteiger partial charge in [-0.15, -0.1) is 0 Å². The maximum Gasteiger partial charge on any atom is 0.0598 e. The number of anilines is 1. The number of nitrogens with two attached hydrogens (primary N) is 1. The lowest BCUT2D eigenvalue weighted by Gasteiger charge is -2.21. The Morgan fingerprint density at radius 3 is 2.67 bits per heavy atom. The van der Waals surface area contributed by atoms with E-state index in [0.717, 1.165) is 12.2 Å². The van der Waals surface area contributed by atoms with E-state index >= 15 is 0 Å². The highest BCUT2D eigenvalue weighted by atomic mass is 15.1. The lowest BCUT2D eigenvalue weighted by molar-refractivity contribution is 0.879. The van der Waals surface area contributed by atoms with Gasteiger partial charge < -0.3 is 10.6 Å². The third-order valence-electron chi connectivity index (χ3n) is 3.03. The van der Waals surface area contributed by atoms with Crippen LogP contribution in [-0.2, 0) is 13.1 Å². The average Bonchev–Trinajstić information content (AvgIpc) is 2.39. The molecule has 0 atom stereocenters. The molecule has 1 heterocycles. The number of hydrogen-bond acceptors (Lipinski definition) is 3. The summed E-state index contributed by atoms with van der Waals surface area (Å²) in [6.45, 7) is 3.51. The second kappa shape index (κ2) is 5.65. The zero-order valence-electron chi connectivity index (χ0n) is 10.9. The van der Waals surface area contributed by atoms with E-state index in [-0.39, 0.29) is 0 Å². The third-order valence-corrected chi connectivity index (χ3v) is 3.03. The quantitative estimate of drug-likeness (QED) is 0.894. The summed E-state index contributed by atoms with van der Waals surface area (Å²) in [7, 11) is 2.08. The Hall–Kier alpha value is -1.87. The first kappa shape index (κ1) is 12.6. The summed E-state index contributed by atoms with van der Waals surface area (Å²) in [5, 5.41) is 0. The second-order valence-electron chi connectivity index (χ2n) is 4.50. The van der Waals surface area contributed by atoms with Crippen LogP contribution in [0.5, 0.6) is 0 Å². The number of nitrogens with zero attached hydrogens (tertiary/aromatic N) is 2. The zero-order valence-corrected chi connectivity index (χ0v) is 10.9. The average molecular weight is 241 g/mol. The molecule has 94 valence electrons. The number of aryl methyl sites for hydroxylation is 1. The molecule has 1 aromatic heterocycles. The first-order valence-electron chi connectivity index (χ1n) is 6.11. The number of pyridine rings is 1. The summed E-state index contributed by atoms with van der Waals surface area (Å²) in [6.07, 6.45) is 1.83. The third kappa shape index (κ3) is 2.87. The summed E-state index contributed by atoms with van der Waals surface area (Å²) < 4.78 is 0. The van der Waals surface area contributed by atoms with E-state index in [1.165, 1.54) is 16.8 Å². The Morgan fingerprint density at radius 1 is 1.22 bits per heavy atom. The lowest BCUT2D eigenvalue weighted by atomic mass is 10.1. The molecule has 0 bridgehead atoms. The SMILES string of the molecule is Cc1cc(CN)ccc1N(C)Cc1ccccn1. The monoisotopic (exact) mass is 241 g/mol. The minimum atomic E-state index is 0.588. The first-order valence-corrected chi connectivity index (χ1v) is 6.11. The Kier molecular flexibility index (Phi) is 3.95. The Morgan fingerprint density at radius 2 is 2.06 bits per heavy atom. The maximum atomic E-state index is 5.64. The molecule has 3 nitrogen and oxygen atoms in total. The fourth-order valence-corrected chi connectivity index (χ4v) is 2.09. The van der Waals surface area contributed by atoms with Gasteiger partial charge >= 0.3 is 0 Å². The number of hydrogen-bond donors (Lipinski definition) is 1. The molecule has 1 aromatic carbocycles. The van der Waals surface area contributed by atoms with E-state index in [1.807, 2.05) is 24.4 Å². The van der Waals surface area contributed by atoms with Crippen LogP contribution in [0, 0.1) is 6.92 Å². The van der Waals surface area contributed by atoms with Gasteiger partial charge in [0.1, 0.15) is 0 Å². The van der Waals surface area contributed by atoms with Crippen LogP contribution < -0.4 is 10.6 Å². The highest BCUT2D eigenvalue weighted by Crippen LogP contribution is 2.21. The predicted octanol–water partition coefficient (Wildman–Crippen LogP) is 2.49. The van der Waals surface area contributed by atoms with Crippen LogP contribution in [0.25, 0.3) is 0 Å². The molecule has 0 unspecified atom stereocenters. The highest BCUT2D eigenvalue weighted by molar-refractivity contribution is 5.54. The molecule has 18 heavy (non-hydrogen) atoms. The van der Waals surface area contributed by atoms with Crippen molar-refractivity contribution in [1.29, 1.82) is 0 Å². The Balaban J connectivity index is 2.16. The van der Waals surface area contributed by atoms with Gasteiger partial charge in [0.05, 0.1) is 12.2 Å². The smallest absolute Gasteiger partial charge is 0.0598 e. The molecule has 0 saturated heterocycles. The maximum absolute atomic E-state index is 5.64. The summed E-state index contributed by atoms with van der Waals surface area (Å²) in [6, 6.07) is 12.3. The van der Waals surface area contributed by atoms with E-state index in [4.69, 9.17) is 5.73 Å². The molecule has 0 radical (unpaired) electrons. The van der Waals surface area contributed by atoms with E-state index in [2.05, 4.69) is 42.1 Å². The van der Waals surface area contributed by atoms with Crippen molar-refractivity contribution >= 4 is 5.69 Å². The van der Waals surface area contributed by atoms with Crippen LogP contribution in [0.15, 0.2) is 42.6 Å². The molecular formula is C15H19N3. The highest BCUT2D eigenvalue weighted by Gasteiger charge is 2.06. The van der Waals surface area contributed by atoms with Crippen molar-refractivity contribution in [3.05, 3.63) is 59.4 Å². The van der Waals surface area contributed by atoms with Crippen LogP contribution in [0.4, 0.5) is 5.69 Å². The molecule has 0 spiro atoms. The van der Waals surface area contributed by atoms with Gasteiger partial charge in [0.15, 0.2) is 0 Å². The molecule has 2 rings (SSSR count). The standard InChI is InChI=1S/C15H19N3/c1-12-9-13(10-16)6-7-15(12)18(2)11-14-5-3-4-8-17-14/h3-9H,10-11,16H2,1-2H3. The predicted molar refractivity (Wildman–Crippen MR) is 75.4 cm³/mol. The van der Waals surface area contributed by atoms with Crippen LogP contribution in [0.1, 0.15) is 16.8 Å². The summed E-state index contributed by atoms with van der Waals surface area (Å²) in [5.74, 6) is 0. The van der Waals surface area contributed by atoms with Crippen molar-refractivity contribution in [3.63, 3.8) is 0 Å². The number of aromatic nitrogens is 1. The molecule has 2 aromatic rings. The van der Waals surface area contributed by atoms with E-state index in [0.29, 0.717) is 6.54 Å². The molecule has 2 N–H and O–H groups in total. The molecule has 0 aliphatic heterocycles. The summed E-state index contributed by atoms with van der Waals surface area (Å²) >= 11 is 0. The van der Waals surface area contributed by atoms with Crippen LogP contribution in [0.2, 0.25) is 0 Å². The Bertz CT molecular complexity index is 508. The summed E-state index contributed by atoms with van der Waals surface area (Å²) in [5.41, 5.74) is 10.4. The van der Waals surface area contributed by atoms with Crippen molar-refractivity contribution in [3.8, 4) is 0 Å². The van der Waals surface area contributed by atoms with Crippen molar-refractivity contribution in [2.24, 2.45) is 5.73 Å². The zero-order chi connectivity index (χ0) is 13.0. The van der Waals surface area contributed by atoms with Gasteiger partial charge in [-0.2, -0.15) is 0 Å². The Labute approximate surface area is 108 Å². The molecule has 0 saturated carbocycles. The van der Waals surface area contributed by atoms with Crippen molar-refractivity contribution in [2.75, 3.05) is 11.9 Å². The minimum absolute atomic E-state index is 0.588. The van der Waals surface area contributed by atoms with Crippen LogP contribution in [0.3, 0.4) is 0 Å². The van der Waals surface area contributed by atoms with E-state index < -0.39 is 0 Å². The van der Waals surface area contributed by atoms with E-state index in [1.54, 1.807) is 0 Å². The fourth-order valence-electron chi connectivity index (χ4n) is 2.09. The topological polar surface area (TPSA) is 42.1 Å². The van der Waals surface area contributed by atoms with Gasteiger partial charge in [-0.05, 0) is 36.2 Å². The van der Waals surface area contributed by atoms with Gasteiger partial charge in [-0.25, -0.2) is 0 Å². The van der Waals surface area contributed by atoms with Gasteiger partial charge in [0.25, 0.3) is 0 Å². The first-order chi connectivity index (χ1) is 8.70. The fraction of sp³-hybridized carbons (Fsp3) is 0.267. The molecule has 0 fully saturated rings. The summed E-state index contributed by atoms with van der Waals surface area (Å²) in [4.78, 5) is 6.55.